The van der Waals surface area contributed by atoms with Crippen molar-refractivity contribution in [2.45, 2.75) is 30.9 Å². The minimum atomic E-state index is -0.255. The number of hydrogen-bond donors (Lipinski definition) is 1. The van der Waals surface area contributed by atoms with Crippen molar-refractivity contribution in [3.05, 3.63) is 56.7 Å². The van der Waals surface area contributed by atoms with Crippen molar-refractivity contribution in [3.8, 4) is 0 Å². The van der Waals surface area contributed by atoms with Crippen LogP contribution in [0.5, 0.6) is 0 Å². The van der Waals surface area contributed by atoms with Gasteiger partial charge in [0.1, 0.15) is 16.5 Å². The standard InChI is InChI=1S/C16H15FN2OS2/c1-8-9(2)22-16-13(8)15(20)18-14(19-16)10(3)21-12-6-4-11(17)5-7-12/h4-7,10H,1-3H3,(H,18,19,20)/t10-/m0/s1. The van der Waals surface area contributed by atoms with E-state index in [1.807, 2.05) is 20.8 Å². The third-order valence-electron chi connectivity index (χ3n) is 3.57. The Kier molecular flexibility index (Phi) is 4.06. The summed E-state index contributed by atoms with van der Waals surface area (Å²) in [6.45, 7) is 5.92. The molecule has 0 saturated heterocycles. The minimum Gasteiger partial charge on any atom is -0.309 e. The first-order valence-electron chi connectivity index (χ1n) is 6.88. The van der Waals surface area contributed by atoms with Crippen molar-refractivity contribution >= 4 is 33.3 Å². The van der Waals surface area contributed by atoms with E-state index in [4.69, 9.17) is 0 Å². The molecule has 114 valence electrons. The molecule has 2 aromatic heterocycles. The van der Waals surface area contributed by atoms with Gasteiger partial charge in [-0.3, -0.25) is 4.79 Å². The number of H-pyrrole nitrogens is 1. The van der Waals surface area contributed by atoms with Gasteiger partial charge in [-0.2, -0.15) is 0 Å². The Labute approximate surface area is 135 Å². The minimum absolute atomic E-state index is 0.0229. The van der Waals surface area contributed by atoms with Crippen LogP contribution >= 0.6 is 23.1 Å². The van der Waals surface area contributed by atoms with Crippen molar-refractivity contribution in [3.63, 3.8) is 0 Å². The predicted octanol–water partition coefficient (Wildman–Crippen LogP) is 4.59. The maximum Gasteiger partial charge on any atom is 0.259 e. The third kappa shape index (κ3) is 2.80. The average Bonchev–Trinajstić information content (AvgIpc) is 2.77. The molecule has 1 aromatic carbocycles. The molecular formula is C16H15FN2OS2. The lowest BCUT2D eigenvalue weighted by molar-refractivity contribution is 0.626. The molecular weight excluding hydrogens is 319 g/mol. The van der Waals surface area contributed by atoms with Gasteiger partial charge in [0, 0.05) is 9.77 Å². The van der Waals surface area contributed by atoms with Gasteiger partial charge in [0.15, 0.2) is 0 Å². The number of aromatic amines is 1. The van der Waals surface area contributed by atoms with Crippen LogP contribution in [0, 0.1) is 19.7 Å². The molecule has 0 bridgehead atoms. The van der Waals surface area contributed by atoms with Gasteiger partial charge in [0.25, 0.3) is 5.56 Å². The van der Waals surface area contributed by atoms with Crippen molar-refractivity contribution < 1.29 is 4.39 Å². The second-order valence-corrected chi connectivity index (χ2v) is 7.75. The van der Waals surface area contributed by atoms with E-state index in [1.54, 1.807) is 23.5 Å². The van der Waals surface area contributed by atoms with Crippen LogP contribution in [-0.4, -0.2) is 9.97 Å². The zero-order chi connectivity index (χ0) is 15.9. The molecule has 0 saturated carbocycles. The molecule has 1 atom stereocenters. The quantitative estimate of drug-likeness (QED) is 0.712. The number of aromatic nitrogens is 2. The van der Waals surface area contributed by atoms with E-state index in [-0.39, 0.29) is 16.6 Å². The van der Waals surface area contributed by atoms with Crippen LogP contribution in [0.4, 0.5) is 4.39 Å². The number of thioether (sulfide) groups is 1. The van der Waals surface area contributed by atoms with E-state index >= 15 is 0 Å². The lowest BCUT2D eigenvalue weighted by Gasteiger charge is -2.10. The molecule has 0 fully saturated rings. The first-order chi connectivity index (χ1) is 10.5. The maximum absolute atomic E-state index is 12.9. The number of thiophene rings is 1. The number of halogens is 1. The fourth-order valence-electron chi connectivity index (χ4n) is 2.24. The van der Waals surface area contributed by atoms with Gasteiger partial charge >= 0.3 is 0 Å². The topological polar surface area (TPSA) is 45.8 Å². The zero-order valence-electron chi connectivity index (χ0n) is 12.4. The second kappa shape index (κ2) is 5.85. The molecule has 0 aliphatic heterocycles. The first kappa shape index (κ1) is 15.2. The number of hydrogen-bond acceptors (Lipinski definition) is 4. The summed E-state index contributed by atoms with van der Waals surface area (Å²) in [5.74, 6) is 0.391. The molecule has 3 aromatic rings. The second-order valence-electron chi connectivity index (χ2n) is 5.13. The van der Waals surface area contributed by atoms with Gasteiger partial charge in [0.05, 0.1) is 10.6 Å². The molecule has 3 rings (SSSR count). The van der Waals surface area contributed by atoms with Crippen LogP contribution in [0.25, 0.3) is 10.2 Å². The molecule has 6 heteroatoms. The summed E-state index contributed by atoms with van der Waals surface area (Å²) < 4.78 is 12.9. The molecule has 0 radical (unpaired) electrons. The Balaban J connectivity index is 1.95. The first-order valence-corrected chi connectivity index (χ1v) is 8.57. The van der Waals surface area contributed by atoms with E-state index in [2.05, 4.69) is 9.97 Å². The molecule has 0 spiro atoms. The van der Waals surface area contributed by atoms with Crippen LogP contribution in [0.15, 0.2) is 34.0 Å². The van der Waals surface area contributed by atoms with Crippen LogP contribution in [0.3, 0.4) is 0 Å². The van der Waals surface area contributed by atoms with Crippen LogP contribution in [0.2, 0.25) is 0 Å². The number of rotatable bonds is 3. The molecule has 0 unspecified atom stereocenters. The van der Waals surface area contributed by atoms with E-state index in [9.17, 15) is 9.18 Å². The summed E-state index contributed by atoms with van der Waals surface area (Å²) in [7, 11) is 0. The van der Waals surface area contributed by atoms with Gasteiger partial charge < -0.3 is 4.98 Å². The molecule has 0 aliphatic carbocycles. The number of benzene rings is 1. The van der Waals surface area contributed by atoms with Crippen molar-refractivity contribution in [1.82, 2.24) is 9.97 Å². The summed E-state index contributed by atoms with van der Waals surface area (Å²) in [5.41, 5.74) is 0.910. The maximum atomic E-state index is 12.9. The number of fused-ring (bicyclic) bond motifs is 1. The Hall–Kier alpha value is -1.66. The molecule has 1 N–H and O–H groups in total. The molecule has 2 heterocycles. The summed E-state index contributed by atoms with van der Waals surface area (Å²) >= 11 is 3.08. The highest BCUT2D eigenvalue weighted by Gasteiger charge is 2.16. The Morgan fingerprint density at radius 1 is 1.27 bits per heavy atom. The molecule has 0 amide bonds. The monoisotopic (exact) mass is 334 g/mol. The Bertz CT molecular complexity index is 884. The van der Waals surface area contributed by atoms with Gasteiger partial charge in [-0.05, 0) is 50.6 Å². The lowest BCUT2D eigenvalue weighted by Crippen LogP contribution is -2.12. The van der Waals surface area contributed by atoms with E-state index in [0.29, 0.717) is 11.2 Å². The van der Waals surface area contributed by atoms with Gasteiger partial charge in [0.2, 0.25) is 0 Å². The average molecular weight is 334 g/mol. The Morgan fingerprint density at radius 2 is 1.95 bits per heavy atom. The van der Waals surface area contributed by atoms with Crippen molar-refractivity contribution in [2.24, 2.45) is 0 Å². The molecule has 0 aliphatic rings. The highest BCUT2D eigenvalue weighted by atomic mass is 32.2. The predicted molar refractivity (Wildman–Crippen MR) is 90.4 cm³/mol. The SMILES string of the molecule is Cc1sc2nc([C@H](C)Sc3ccc(F)cc3)[nH]c(=O)c2c1C. The third-order valence-corrected chi connectivity index (χ3v) is 5.79. The van der Waals surface area contributed by atoms with Crippen molar-refractivity contribution in [2.75, 3.05) is 0 Å². The highest BCUT2D eigenvalue weighted by Crippen LogP contribution is 2.34. The normalized spacial score (nSPS) is 12.7. The summed E-state index contributed by atoms with van der Waals surface area (Å²) in [5, 5.41) is 0.663. The molecule has 3 nitrogen and oxygen atoms in total. The zero-order valence-corrected chi connectivity index (χ0v) is 14.1. The van der Waals surface area contributed by atoms with Gasteiger partial charge in [-0.1, -0.05) is 0 Å². The summed E-state index contributed by atoms with van der Waals surface area (Å²) in [6, 6.07) is 6.32. The van der Waals surface area contributed by atoms with E-state index in [1.165, 1.54) is 23.9 Å². The van der Waals surface area contributed by atoms with Crippen LogP contribution in [-0.2, 0) is 0 Å². The fourth-order valence-corrected chi connectivity index (χ4v) is 4.20. The fraction of sp³-hybridized carbons (Fsp3) is 0.250. The van der Waals surface area contributed by atoms with Crippen molar-refractivity contribution in [1.29, 1.82) is 0 Å². The van der Waals surface area contributed by atoms with E-state index < -0.39 is 0 Å². The lowest BCUT2D eigenvalue weighted by atomic mass is 10.2. The van der Waals surface area contributed by atoms with Crippen LogP contribution < -0.4 is 5.56 Å². The number of nitrogens with one attached hydrogen (secondary N) is 1. The summed E-state index contributed by atoms with van der Waals surface area (Å²) in [6.07, 6.45) is 0. The van der Waals surface area contributed by atoms with E-state index in [0.717, 1.165) is 20.2 Å². The van der Waals surface area contributed by atoms with Gasteiger partial charge in [-0.25, -0.2) is 9.37 Å². The molecule has 22 heavy (non-hydrogen) atoms. The smallest absolute Gasteiger partial charge is 0.259 e. The van der Waals surface area contributed by atoms with Crippen LogP contribution in [0.1, 0.15) is 28.4 Å². The largest absolute Gasteiger partial charge is 0.309 e. The Morgan fingerprint density at radius 3 is 2.64 bits per heavy atom. The van der Waals surface area contributed by atoms with Gasteiger partial charge in [-0.15, -0.1) is 23.1 Å². The summed E-state index contributed by atoms with van der Waals surface area (Å²) in [4.78, 5) is 22.6. The highest BCUT2D eigenvalue weighted by molar-refractivity contribution is 7.99. The number of aryl methyl sites for hydroxylation is 2. The number of nitrogens with zero attached hydrogens (tertiary/aromatic N) is 1.